The number of carboxylic acids is 2. The molecule has 0 heterocycles. The summed E-state index contributed by atoms with van der Waals surface area (Å²) in [5.74, 6) is -3.64. The van der Waals surface area contributed by atoms with Crippen LogP contribution >= 0.6 is 0 Å². The molecule has 6 heteroatoms. The second-order valence-corrected chi connectivity index (χ2v) is 3.07. The van der Waals surface area contributed by atoms with Crippen molar-refractivity contribution in [2.24, 2.45) is 0 Å². The van der Waals surface area contributed by atoms with Crippen LogP contribution in [0.3, 0.4) is 0 Å². The molecule has 4 N–H and O–H groups in total. The highest BCUT2D eigenvalue weighted by Gasteiger charge is 2.45. The van der Waals surface area contributed by atoms with E-state index in [4.69, 9.17) is 15.3 Å². The van der Waals surface area contributed by atoms with Gasteiger partial charge in [0.05, 0.1) is 0 Å². The van der Waals surface area contributed by atoms with Gasteiger partial charge in [0.15, 0.2) is 6.10 Å². The summed E-state index contributed by atoms with van der Waals surface area (Å²) in [7, 11) is 0. The molecule has 0 aromatic carbocycles. The van der Waals surface area contributed by atoms with Crippen molar-refractivity contribution in [3.63, 3.8) is 0 Å². The molecule has 0 fully saturated rings. The highest BCUT2D eigenvalue weighted by molar-refractivity contribution is 5.89. The molecule has 0 saturated heterocycles. The van der Waals surface area contributed by atoms with Gasteiger partial charge in [0.1, 0.15) is 0 Å². The second-order valence-electron chi connectivity index (χ2n) is 3.07. The van der Waals surface area contributed by atoms with Crippen molar-refractivity contribution in [2.75, 3.05) is 0 Å². The molecule has 0 radical (unpaired) electrons. The Labute approximate surface area is 92.1 Å². The van der Waals surface area contributed by atoms with Gasteiger partial charge in [0.25, 0.3) is 0 Å². The Morgan fingerprint density at radius 1 is 1.31 bits per heavy atom. The van der Waals surface area contributed by atoms with Crippen LogP contribution in [-0.4, -0.2) is 44.1 Å². The Kier molecular flexibility index (Phi) is 5.41. The minimum Gasteiger partial charge on any atom is -0.479 e. The number of allylic oxidation sites excluding steroid dienone is 3. The first-order valence-corrected chi connectivity index (χ1v) is 4.57. The van der Waals surface area contributed by atoms with Crippen molar-refractivity contribution in [3.8, 4) is 0 Å². The smallest absolute Gasteiger partial charge is 0.343 e. The normalized spacial score (nSPS) is 17.4. The largest absolute Gasteiger partial charge is 0.479 e. The summed E-state index contributed by atoms with van der Waals surface area (Å²) in [6, 6.07) is 0. The number of carboxylic acid groups (broad SMARTS) is 2. The number of hydrogen-bond donors (Lipinski definition) is 4. The van der Waals surface area contributed by atoms with E-state index in [1.54, 1.807) is 6.08 Å². The van der Waals surface area contributed by atoms with Gasteiger partial charge in [-0.25, -0.2) is 9.59 Å². The first-order chi connectivity index (χ1) is 7.36. The van der Waals surface area contributed by atoms with E-state index in [9.17, 15) is 14.7 Å². The number of aliphatic hydroxyl groups is 2. The third kappa shape index (κ3) is 3.48. The molecule has 0 rings (SSSR count). The van der Waals surface area contributed by atoms with Crippen molar-refractivity contribution in [3.05, 3.63) is 24.3 Å². The number of aliphatic carboxylic acids is 2. The van der Waals surface area contributed by atoms with Gasteiger partial charge < -0.3 is 20.4 Å². The van der Waals surface area contributed by atoms with Gasteiger partial charge in [-0.1, -0.05) is 25.2 Å². The van der Waals surface area contributed by atoms with Crippen molar-refractivity contribution in [2.45, 2.75) is 25.0 Å². The number of carbonyl (C=O) groups is 2. The van der Waals surface area contributed by atoms with Crippen LogP contribution in [0.1, 0.15) is 13.3 Å². The average molecular weight is 230 g/mol. The van der Waals surface area contributed by atoms with Gasteiger partial charge >= 0.3 is 11.9 Å². The lowest BCUT2D eigenvalue weighted by molar-refractivity contribution is -0.175. The van der Waals surface area contributed by atoms with Crippen molar-refractivity contribution in [1.29, 1.82) is 0 Å². The maximum absolute atomic E-state index is 10.7. The van der Waals surface area contributed by atoms with E-state index < -0.39 is 23.6 Å². The van der Waals surface area contributed by atoms with Crippen molar-refractivity contribution < 1.29 is 30.0 Å². The quantitative estimate of drug-likeness (QED) is 0.468. The summed E-state index contributed by atoms with van der Waals surface area (Å²) < 4.78 is 0. The zero-order valence-electron chi connectivity index (χ0n) is 8.70. The molecule has 0 aliphatic rings. The fourth-order valence-corrected chi connectivity index (χ4v) is 0.885. The molecule has 2 atom stereocenters. The molecule has 0 bridgehead atoms. The van der Waals surface area contributed by atoms with Crippen LogP contribution in [-0.2, 0) is 9.59 Å². The number of aliphatic hydroxyl groups excluding tert-OH is 1. The van der Waals surface area contributed by atoms with E-state index in [0.29, 0.717) is 6.42 Å². The minimum absolute atomic E-state index is 0.706. The number of hydrogen-bond acceptors (Lipinski definition) is 4. The Hall–Kier alpha value is -1.66. The molecule has 0 aliphatic carbocycles. The Morgan fingerprint density at radius 2 is 1.88 bits per heavy atom. The zero-order valence-corrected chi connectivity index (χ0v) is 8.70. The Bertz CT molecular complexity index is 319. The van der Waals surface area contributed by atoms with Crippen LogP contribution < -0.4 is 0 Å². The molecule has 0 amide bonds. The summed E-state index contributed by atoms with van der Waals surface area (Å²) in [5.41, 5.74) is -2.83. The van der Waals surface area contributed by atoms with Gasteiger partial charge in [-0.15, -0.1) is 0 Å². The van der Waals surface area contributed by atoms with E-state index in [2.05, 4.69) is 0 Å². The standard InChI is InChI=1S/C10H14O6/c1-2-3-4-5-6-10(16,9(14)15)7(11)8(12)13/h3-7,11,16H,2H2,1H3,(H,12,13)(H,14,15). The summed E-state index contributed by atoms with van der Waals surface area (Å²) in [4.78, 5) is 21.1. The van der Waals surface area contributed by atoms with Crippen LogP contribution in [0.15, 0.2) is 24.3 Å². The maximum atomic E-state index is 10.7. The molecule has 2 unspecified atom stereocenters. The molecular weight excluding hydrogens is 216 g/mol. The molecule has 16 heavy (non-hydrogen) atoms. The molecular formula is C10H14O6. The highest BCUT2D eigenvalue weighted by atomic mass is 16.4. The Balaban J connectivity index is 4.98. The topological polar surface area (TPSA) is 115 Å². The van der Waals surface area contributed by atoms with E-state index in [1.165, 1.54) is 12.2 Å². The zero-order chi connectivity index (χ0) is 12.8. The SMILES string of the molecule is CCC=CC=CC(O)(C(=O)O)C(O)C(=O)O. The lowest BCUT2D eigenvalue weighted by atomic mass is 9.96. The monoisotopic (exact) mass is 230 g/mol. The summed E-state index contributed by atoms with van der Waals surface area (Å²) >= 11 is 0. The van der Waals surface area contributed by atoms with Crippen LogP contribution in [0.5, 0.6) is 0 Å². The van der Waals surface area contributed by atoms with Crippen LogP contribution in [0.2, 0.25) is 0 Å². The first-order valence-electron chi connectivity index (χ1n) is 4.57. The molecule has 0 aromatic rings. The van der Waals surface area contributed by atoms with Gasteiger partial charge in [-0.3, -0.25) is 0 Å². The second kappa shape index (κ2) is 6.04. The first kappa shape index (κ1) is 14.3. The van der Waals surface area contributed by atoms with Gasteiger partial charge in [0.2, 0.25) is 5.60 Å². The van der Waals surface area contributed by atoms with Crippen LogP contribution in [0.25, 0.3) is 0 Å². The van der Waals surface area contributed by atoms with E-state index in [1.807, 2.05) is 6.92 Å². The molecule has 0 aliphatic heterocycles. The van der Waals surface area contributed by atoms with Crippen molar-refractivity contribution in [1.82, 2.24) is 0 Å². The minimum atomic E-state index is -2.83. The Morgan fingerprint density at radius 3 is 2.25 bits per heavy atom. The lowest BCUT2D eigenvalue weighted by Gasteiger charge is -2.21. The molecule has 0 aromatic heterocycles. The molecule has 0 saturated carbocycles. The van der Waals surface area contributed by atoms with Crippen molar-refractivity contribution >= 4 is 11.9 Å². The fraction of sp³-hybridized carbons (Fsp3) is 0.400. The highest BCUT2D eigenvalue weighted by Crippen LogP contribution is 2.14. The third-order valence-corrected chi connectivity index (χ3v) is 1.83. The lowest BCUT2D eigenvalue weighted by Crippen LogP contribution is -2.51. The summed E-state index contributed by atoms with van der Waals surface area (Å²) in [5, 5.41) is 35.6. The fourth-order valence-electron chi connectivity index (χ4n) is 0.885. The summed E-state index contributed by atoms with van der Waals surface area (Å²) in [6.45, 7) is 1.85. The molecule has 0 spiro atoms. The summed E-state index contributed by atoms with van der Waals surface area (Å²) in [6.07, 6.45) is 3.30. The predicted octanol–water partition coefficient (Wildman–Crippen LogP) is -0.230. The maximum Gasteiger partial charge on any atom is 0.343 e. The van der Waals surface area contributed by atoms with Gasteiger partial charge in [-0.05, 0) is 12.5 Å². The van der Waals surface area contributed by atoms with E-state index in [0.717, 1.165) is 6.08 Å². The molecule has 90 valence electrons. The van der Waals surface area contributed by atoms with E-state index in [-0.39, 0.29) is 0 Å². The van der Waals surface area contributed by atoms with Gasteiger partial charge in [0, 0.05) is 0 Å². The molecule has 6 nitrogen and oxygen atoms in total. The van der Waals surface area contributed by atoms with Crippen LogP contribution in [0.4, 0.5) is 0 Å². The average Bonchev–Trinajstić information content (AvgIpc) is 2.22. The van der Waals surface area contributed by atoms with Crippen LogP contribution in [0, 0.1) is 0 Å². The number of rotatable bonds is 6. The third-order valence-electron chi connectivity index (χ3n) is 1.83. The predicted molar refractivity (Wildman–Crippen MR) is 54.8 cm³/mol. The van der Waals surface area contributed by atoms with E-state index >= 15 is 0 Å². The van der Waals surface area contributed by atoms with Gasteiger partial charge in [-0.2, -0.15) is 0 Å².